The highest BCUT2D eigenvalue weighted by Gasteiger charge is 2.27. The van der Waals surface area contributed by atoms with E-state index in [1.165, 1.54) is 0 Å². The number of carbonyl (C=O) groups is 1. The molecule has 0 fully saturated rings. The zero-order valence-corrected chi connectivity index (χ0v) is 17.4. The van der Waals surface area contributed by atoms with Crippen molar-refractivity contribution < 1.29 is 32.9 Å². The molecule has 0 aromatic carbocycles. The average molecular weight is 393 g/mol. The van der Waals surface area contributed by atoms with Gasteiger partial charge in [-0.15, -0.1) is 5.92 Å². The van der Waals surface area contributed by atoms with Crippen LogP contribution in [0.15, 0.2) is 0 Å². The summed E-state index contributed by atoms with van der Waals surface area (Å²) in [5.41, 5.74) is 0. The van der Waals surface area contributed by atoms with E-state index in [1.807, 2.05) is 35.0 Å². The monoisotopic (exact) mass is 393 g/mol. The number of quaternary nitrogens is 1. The molecule has 0 aromatic rings. The van der Waals surface area contributed by atoms with Crippen LogP contribution in [-0.4, -0.2) is 73.4 Å². The summed E-state index contributed by atoms with van der Waals surface area (Å²) in [5.74, 6) is 5.04. The van der Waals surface area contributed by atoms with E-state index in [-0.39, 0.29) is 19.1 Å². The van der Waals surface area contributed by atoms with Gasteiger partial charge < -0.3 is 19.8 Å². The second-order valence-electron chi connectivity index (χ2n) is 7.01. The summed E-state index contributed by atoms with van der Waals surface area (Å²) in [6, 6.07) is -0.916. The Hall–Kier alpha value is -0.940. The predicted octanol–water partition coefficient (Wildman–Crippen LogP) is 1.28. The van der Waals surface area contributed by atoms with Crippen molar-refractivity contribution in [1.29, 1.82) is 0 Å². The largest absolute Gasteiger partial charge is 0.472 e. The van der Waals surface area contributed by atoms with Crippen LogP contribution in [0.25, 0.3) is 0 Å². The zero-order chi connectivity index (χ0) is 20.2. The summed E-state index contributed by atoms with van der Waals surface area (Å²) in [6.07, 6.45) is 1.21. The summed E-state index contributed by atoms with van der Waals surface area (Å²) in [4.78, 5) is 21.7. The Morgan fingerprint density at radius 3 is 2.46 bits per heavy atom. The molecule has 0 heterocycles. The van der Waals surface area contributed by atoms with Crippen molar-refractivity contribution in [3.8, 4) is 11.8 Å². The molecule has 0 aliphatic carbocycles. The highest BCUT2D eigenvalue weighted by molar-refractivity contribution is 7.47. The fourth-order valence-electron chi connectivity index (χ4n) is 1.78. The van der Waals surface area contributed by atoms with Crippen LogP contribution in [0.5, 0.6) is 0 Å². The Morgan fingerprint density at radius 1 is 1.27 bits per heavy atom. The number of amides is 1. The number of phosphoric acid groups is 1. The highest BCUT2D eigenvalue weighted by atomic mass is 31.2. The SMILES string of the molecule is CCC#C[C@@H](O)[C@H](COP(=O)(O)OCC[N+](C)(C)C)NC(=O)CCCC. The summed E-state index contributed by atoms with van der Waals surface area (Å²) in [6.45, 7) is 3.98. The summed E-state index contributed by atoms with van der Waals surface area (Å²) in [5, 5.41) is 12.7. The van der Waals surface area contributed by atoms with Gasteiger partial charge in [0.2, 0.25) is 5.91 Å². The number of nitrogens with zero attached hydrogens (tertiary/aromatic N) is 1. The minimum Gasteiger partial charge on any atom is -0.378 e. The summed E-state index contributed by atoms with van der Waals surface area (Å²) < 4.78 is 22.4. The van der Waals surface area contributed by atoms with E-state index < -0.39 is 20.0 Å². The molecule has 0 bridgehead atoms. The first-order valence-corrected chi connectivity index (χ1v) is 10.4. The maximum atomic E-state index is 12.0. The van der Waals surface area contributed by atoms with Crippen LogP contribution < -0.4 is 5.32 Å². The third-order valence-corrected chi connectivity index (χ3v) is 4.33. The number of unbranched alkanes of at least 4 members (excludes halogenated alkanes) is 1. The lowest BCUT2D eigenvalue weighted by Crippen LogP contribution is -2.45. The third kappa shape index (κ3) is 13.3. The summed E-state index contributed by atoms with van der Waals surface area (Å²) in [7, 11) is 1.50. The summed E-state index contributed by atoms with van der Waals surface area (Å²) >= 11 is 0. The van der Waals surface area contributed by atoms with Gasteiger partial charge in [-0.25, -0.2) is 4.57 Å². The molecule has 0 aliphatic rings. The van der Waals surface area contributed by atoms with Gasteiger partial charge in [0.15, 0.2) is 0 Å². The lowest BCUT2D eigenvalue weighted by molar-refractivity contribution is -0.870. The Kier molecular flexibility index (Phi) is 12.0. The van der Waals surface area contributed by atoms with Crippen molar-refractivity contribution >= 4 is 13.7 Å². The molecule has 1 unspecified atom stereocenters. The normalized spacial score (nSPS) is 16.1. The van der Waals surface area contributed by atoms with E-state index in [4.69, 9.17) is 9.05 Å². The van der Waals surface area contributed by atoms with Crippen molar-refractivity contribution in [3.05, 3.63) is 0 Å². The number of likely N-dealkylation sites (N-methyl/N-ethyl adjacent to an activating group) is 1. The second-order valence-corrected chi connectivity index (χ2v) is 8.46. The van der Waals surface area contributed by atoms with Gasteiger partial charge in [0.05, 0.1) is 33.8 Å². The number of carbonyl (C=O) groups excluding carboxylic acids is 1. The average Bonchev–Trinajstić information content (AvgIpc) is 2.52. The first kappa shape index (κ1) is 25.1. The van der Waals surface area contributed by atoms with Crippen LogP contribution >= 0.6 is 7.82 Å². The minimum absolute atomic E-state index is 0.0446. The van der Waals surface area contributed by atoms with Gasteiger partial charge in [0.1, 0.15) is 19.3 Å². The van der Waals surface area contributed by atoms with Crippen molar-refractivity contribution in [3.63, 3.8) is 0 Å². The van der Waals surface area contributed by atoms with E-state index in [0.29, 0.717) is 30.3 Å². The number of hydrogen-bond donors (Lipinski definition) is 3. The minimum atomic E-state index is -4.28. The van der Waals surface area contributed by atoms with E-state index in [0.717, 1.165) is 6.42 Å². The Morgan fingerprint density at radius 2 is 1.92 bits per heavy atom. The molecule has 9 heteroatoms. The van der Waals surface area contributed by atoms with Crippen LogP contribution in [-0.2, 0) is 18.4 Å². The van der Waals surface area contributed by atoms with Gasteiger partial charge >= 0.3 is 7.82 Å². The molecule has 3 N–H and O–H groups in total. The Bertz CT molecular complexity index is 524. The third-order valence-electron chi connectivity index (χ3n) is 3.35. The van der Waals surface area contributed by atoms with Crippen molar-refractivity contribution in [2.75, 3.05) is 40.9 Å². The predicted molar refractivity (Wildman–Crippen MR) is 100 cm³/mol. The van der Waals surface area contributed by atoms with Crippen LogP contribution in [0.4, 0.5) is 0 Å². The Labute approximate surface area is 157 Å². The number of aliphatic hydroxyl groups is 1. The van der Waals surface area contributed by atoms with E-state index in [1.54, 1.807) is 0 Å². The lowest BCUT2D eigenvalue weighted by Gasteiger charge is -2.25. The number of phosphoric ester groups is 1. The standard InChI is InChI=1S/C17H33N2O6P/c1-6-8-10-16(20)15(18-17(21)11-9-7-2)14-25-26(22,23)24-13-12-19(3,4)5/h15-16,20H,6-7,9,11-14H2,1-5H3,(H-,18,21,22,23)/p+1/t15-,16+/m0/s1. The fourth-order valence-corrected chi connectivity index (χ4v) is 2.51. The second kappa shape index (κ2) is 12.4. The first-order valence-electron chi connectivity index (χ1n) is 8.89. The topological polar surface area (TPSA) is 105 Å². The van der Waals surface area contributed by atoms with Crippen LogP contribution in [0.1, 0.15) is 39.5 Å². The van der Waals surface area contributed by atoms with Crippen LogP contribution in [0.2, 0.25) is 0 Å². The lowest BCUT2D eigenvalue weighted by atomic mass is 10.1. The van der Waals surface area contributed by atoms with Gasteiger partial charge in [0.25, 0.3) is 0 Å². The van der Waals surface area contributed by atoms with E-state index in [9.17, 15) is 19.4 Å². The van der Waals surface area contributed by atoms with E-state index in [2.05, 4.69) is 17.2 Å². The smallest absolute Gasteiger partial charge is 0.378 e. The van der Waals surface area contributed by atoms with Crippen LogP contribution in [0, 0.1) is 11.8 Å². The molecular weight excluding hydrogens is 359 g/mol. The molecule has 26 heavy (non-hydrogen) atoms. The van der Waals surface area contributed by atoms with Gasteiger partial charge in [-0.05, 0) is 6.42 Å². The fraction of sp³-hybridized carbons (Fsp3) is 0.824. The molecule has 1 amide bonds. The molecule has 0 spiro atoms. The van der Waals surface area contributed by atoms with Gasteiger partial charge in [0, 0.05) is 12.8 Å². The van der Waals surface area contributed by atoms with Crippen molar-refractivity contribution in [2.45, 2.75) is 51.7 Å². The number of rotatable bonds is 12. The Balaban J connectivity index is 4.73. The van der Waals surface area contributed by atoms with Gasteiger partial charge in [-0.2, -0.15) is 0 Å². The molecule has 0 radical (unpaired) electrons. The molecule has 0 aromatic heterocycles. The quantitative estimate of drug-likeness (QED) is 0.262. The number of aliphatic hydroxyl groups excluding tert-OH is 1. The van der Waals surface area contributed by atoms with Gasteiger partial charge in [-0.3, -0.25) is 13.8 Å². The molecule has 3 atom stereocenters. The maximum absolute atomic E-state index is 12.0. The molecular formula is C17H34N2O6P+. The maximum Gasteiger partial charge on any atom is 0.472 e. The first-order chi connectivity index (χ1) is 12.0. The van der Waals surface area contributed by atoms with E-state index >= 15 is 0 Å². The molecule has 0 saturated heterocycles. The number of nitrogens with one attached hydrogen (secondary N) is 1. The molecule has 8 nitrogen and oxygen atoms in total. The highest BCUT2D eigenvalue weighted by Crippen LogP contribution is 2.43. The van der Waals surface area contributed by atoms with Gasteiger partial charge in [-0.1, -0.05) is 26.2 Å². The van der Waals surface area contributed by atoms with Crippen molar-refractivity contribution in [1.82, 2.24) is 5.32 Å². The molecule has 0 rings (SSSR count). The van der Waals surface area contributed by atoms with Crippen LogP contribution in [0.3, 0.4) is 0 Å². The molecule has 0 aliphatic heterocycles. The molecule has 0 saturated carbocycles. The molecule has 152 valence electrons. The van der Waals surface area contributed by atoms with Crippen molar-refractivity contribution in [2.24, 2.45) is 0 Å². The number of hydrogen-bond acceptors (Lipinski definition) is 5. The zero-order valence-electron chi connectivity index (χ0n) is 16.5.